The van der Waals surface area contributed by atoms with Crippen molar-refractivity contribution in [1.29, 1.82) is 0 Å². The molecule has 0 saturated carbocycles. The smallest absolute Gasteiger partial charge is 0.312 e. The Morgan fingerprint density at radius 3 is 2.28 bits per heavy atom. The molecule has 0 spiro atoms. The predicted molar refractivity (Wildman–Crippen MR) is 102 cm³/mol. The second-order valence-electron chi connectivity index (χ2n) is 6.79. The van der Waals surface area contributed by atoms with E-state index in [1.807, 2.05) is 5.32 Å². The lowest BCUT2D eigenvalue weighted by atomic mass is 10.1. The molecule has 1 unspecified atom stereocenters. The normalized spacial score (nSPS) is 19.3. The summed E-state index contributed by atoms with van der Waals surface area (Å²) >= 11 is 0. The van der Waals surface area contributed by atoms with Crippen molar-refractivity contribution in [3.63, 3.8) is 0 Å². The number of benzene rings is 2. The molecule has 2 amide bonds. The maximum atomic E-state index is 14.1. The van der Waals surface area contributed by atoms with Crippen LogP contribution in [0, 0.1) is 6.92 Å². The van der Waals surface area contributed by atoms with Gasteiger partial charge >= 0.3 is 11.8 Å². The maximum absolute atomic E-state index is 14.1. The second kappa shape index (κ2) is 7.69. The van der Waals surface area contributed by atoms with Crippen LogP contribution in [0.15, 0.2) is 59.6 Å². The zero-order valence-corrected chi connectivity index (χ0v) is 16.0. The van der Waals surface area contributed by atoms with Crippen LogP contribution < -0.4 is 5.32 Å². The molecule has 2 aromatic carbocycles. The highest BCUT2D eigenvalue weighted by molar-refractivity contribution is 6.16. The number of aliphatic imine (C=N–C) groups is 1. The molecule has 1 aliphatic heterocycles. The van der Waals surface area contributed by atoms with Crippen molar-refractivity contribution in [2.75, 3.05) is 6.54 Å². The van der Waals surface area contributed by atoms with E-state index in [4.69, 9.17) is 0 Å². The maximum Gasteiger partial charge on any atom is 0.442 e. The minimum atomic E-state index is -5.12. The lowest BCUT2D eigenvalue weighted by Gasteiger charge is -2.29. The van der Waals surface area contributed by atoms with E-state index in [0.29, 0.717) is 12.0 Å². The minimum absolute atomic E-state index is 0.0115. The van der Waals surface area contributed by atoms with Crippen LogP contribution in [-0.2, 0) is 4.79 Å². The summed E-state index contributed by atoms with van der Waals surface area (Å²) in [5.74, 6) is -2.45. The SMILES string of the molecule is CCCN1C(=O)C(NC(=O)c2ccc(C)cc2)(C(F)(F)F)N=C1c1ccccc1. The molecule has 0 aromatic heterocycles. The van der Waals surface area contributed by atoms with E-state index in [9.17, 15) is 22.8 Å². The van der Waals surface area contributed by atoms with Crippen molar-refractivity contribution in [2.24, 2.45) is 4.99 Å². The number of carbonyl (C=O) groups excluding carboxylic acids is 2. The molecule has 1 N–H and O–H groups in total. The molecule has 0 radical (unpaired) electrons. The molecular weight excluding hydrogens is 383 g/mol. The van der Waals surface area contributed by atoms with Gasteiger partial charge in [-0.2, -0.15) is 13.2 Å². The molecule has 8 heteroatoms. The minimum Gasteiger partial charge on any atom is -0.312 e. The van der Waals surface area contributed by atoms with Crippen LogP contribution in [0.1, 0.15) is 34.8 Å². The van der Waals surface area contributed by atoms with Gasteiger partial charge in [-0.05, 0) is 25.5 Å². The van der Waals surface area contributed by atoms with Gasteiger partial charge in [0.1, 0.15) is 5.84 Å². The average Bonchev–Trinajstić information content (AvgIpc) is 2.96. The first-order valence-corrected chi connectivity index (χ1v) is 9.13. The Labute approximate surface area is 166 Å². The summed E-state index contributed by atoms with van der Waals surface area (Å²) in [6.45, 7) is 3.58. The highest BCUT2D eigenvalue weighted by Gasteiger charge is 2.67. The highest BCUT2D eigenvalue weighted by atomic mass is 19.4. The monoisotopic (exact) mass is 403 g/mol. The Kier molecular flexibility index (Phi) is 5.46. The van der Waals surface area contributed by atoms with Gasteiger partial charge < -0.3 is 5.32 Å². The summed E-state index contributed by atoms with van der Waals surface area (Å²) in [4.78, 5) is 30.3. The van der Waals surface area contributed by atoms with Crippen LogP contribution in [0.5, 0.6) is 0 Å². The molecule has 0 aliphatic carbocycles. The van der Waals surface area contributed by atoms with Crippen LogP contribution in [0.2, 0.25) is 0 Å². The number of nitrogens with zero attached hydrogens (tertiary/aromatic N) is 2. The lowest BCUT2D eigenvalue weighted by molar-refractivity contribution is -0.196. The predicted octanol–water partition coefficient (Wildman–Crippen LogP) is 3.68. The van der Waals surface area contributed by atoms with Crippen molar-refractivity contribution < 1.29 is 22.8 Å². The number of aryl methyl sites for hydroxylation is 1. The van der Waals surface area contributed by atoms with Gasteiger partial charge in [-0.3, -0.25) is 14.5 Å². The van der Waals surface area contributed by atoms with E-state index in [1.54, 1.807) is 56.3 Å². The Balaban J connectivity index is 2.08. The first-order valence-electron chi connectivity index (χ1n) is 9.13. The molecular formula is C21H20F3N3O2. The van der Waals surface area contributed by atoms with E-state index in [-0.39, 0.29) is 17.9 Å². The Hall–Kier alpha value is -3.16. The van der Waals surface area contributed by atoms with E-state index in [2.05, 4.69) is 4.99 Å². The number of alkyl halides is 3. The number of rotatable bonds is 5. The van der Waals surface area contributed by atoms with Crippen molar-refractivity contribution in [3.05, 3.63) is 71.3 Å². The van der Waals surface area contributed by atoms with E-state index < -0.39 is 23.7 Å². The summed E-state index contributed by atoms with van der Waals surface area (Å²) in [6, 6.07) is 14.2. The molecule has 1 aliphatic rings. The molecule has 0 bridgehead atoms. The fraction of sp³-hybridized carbons (Fsp3) is 0.286. The van der Waals surface area contributed by atoms with Gasteiger partial charge in [0.15, 0.2) is 0 Å². The number of amides is 2. The molecule has 5 nitrogen and oxygen atoms in total. The summed E-state index contributed by atoms with van der Waals surface area (Å²) in [5.41, 5.74) is -2.14. The van der Waals surface area contributed by atoms with Gasteiger partial charge in [-0.25, -0.2) is 4.99 Å². The molecule has 0 fully saturated rings. The van der Waals surface area contributed by atoms with Gasteiger partial charge in [-0.1, -0.05) is 55.0 Å². The number of nitrogens with one attached hydrogen (secondary N) is 1. The summed E-state index contributed by atoms with van der Waals surface area (Å²) < 4.78 is 42.4. The Morgan fingerprint density at radius 1 is 1.10 bits per heavy atom. The summed E-state index contributed by atoms with van der Waals surface area (Å²) in [7, 11) is 0. The summed E-state index contributed by atoms with van der Waals surface area (Å²) in [6.07, 6.45) is -4.69. The molecule has 152 valence electrons. The van der Waals surface area contributed by atoms with Gasteiger partial charge in [-0.15, -0.1) is 0 Å². The van der Waals surface area contributed by atoms with Crippen LogP contribution in [-0.4, -0.2) is 40.9 Å². The first kappa shape index (κ1) is 20.6. The number of amidine groups is 1. The van der Waals surface area contributed by atoms with Crippen molar-refractivity contribution in [3.8, 4) is 0 Å². The first-order chi connectivity index (χ1) is 13.7. The van der Waals surface area contributed by atoms with Crippen LogP contribution in [0.25, 0.3) is 0 Å². The van der Waals surface area contributed by atoms with Crippen LogP contribution in [0.4, 0.5) is 13.2 Å². The van der Waals surface area contributed by atoms with E-state index >= 15 is 0 Å². The zero-order chi connectivity index (χ0) is 21.2. The third-order valence-electron chi connectivity index (χ3n) is 4.58. The topological polar surface area (TPSA) is 61.8 Å². The molecule has 29 heavy (non-hydrogen) atoms. The molecule has 1 atom stereocenters. The molecule has 1 heterocycles. The van der Waals surface area contributed by atoms with Gasteiger partial charge in [0.2, 0.25) is 0 Å². The van der Waals surface area contributed by atoms with Gasteiger partial charge in [0.05, 0.1) is 0 Å². The second-order valence-corrected chi connectivity index (χ2v) is 6.79. The van der Waals surface area contributed by atoms with E-state index in [1.165, 1.54) is 12.1 Å². The average molecular weight is 403 g/mol. The number of carbonyl (C=O) groups is 2. The quantitative estimate of drug-likeness (QED) is 0.828. The molecule has 2 aromatic rings. The highest BCUT2D eigenvalue weighted by Crippen LogP contribution is 2.38. The molecule has 0 saturated heterocycles. The van der Waals surface area contributed by atoms with Crippen molar-refractivity contribution >= 4 is 17.6 Å². The van der Waals surface area contributed by atoms with E-state index in [0.717, 1.165) is 10.5 Å². The fourth-order valence-electron chi connectivity index (χ4n) is 3.08. The Morgan fingerprint density at radius 2 is 1.72 bits per heavy atom. The van der Waals surface area contributed by atoms with Crippen molar-refractivity contribution in [2.45, 2.75) is 32.1 Å². The lowest BCUT2D eigenvalue weighted by Crippen LogP contribution is -2.63. The standard InChI is InChI=1S/C21H20F3N3O2/c1-3-13-27-17(15-7-5-4-6-8-15)25-20(19(27)29,21(22,23)24)26-18(28)16-11-9-14(2)10-12-16/h4-12H,3,13H2,1-2H3,(H,26,28). The number of hydrogen-bond acceptors (Lipinski definition) is 3. The number of hydrogen-bond donors (Lipinski definition) is 1. The van der Waals surface area contributed by atoms with Gasteiger partial charge in [0, 0.05) is 17.7 Å². The third-order valence-corrected chi connectivity index (χ3v) is 4.58. The van der Waals surface area contributed by atoms with Crippen molar-refractivity contribution in [1.82, 2.24) is 10.2 Å². The third kappa shape index (κ3) is 3.74. The largest absolute Gasteiger partial charge is 0.442 e. The summed E-state index contributed by atoms with van der Waals surface area (Å²) in [5, 5.41) is 1.86. The van der Waals surface area contributed by atoms with Gasteiger partial charge in [0.25, 0.3) is 11.8 Å². The zero-order valence-electron chi connectivity index (χ0n) is 16.0. The fourth-order valence-corrected chi connectivity index (χ4v) is 3.08. The molecule has 3 rings (SSSR count). The van der Waals surface area contributed by atoms with Crippen LogP contribution in [0.3, 0.4) is 0 Å². The Bertz CT molecular complexity index is 940. The number of halogens is 3. The van der Waals surface area contributed by atoms with Crippen LogP contribution >= 0.6 is 0 Å².